The summed E-state index contributed by atoms with van der Waals surface area (Å²) in [6.07, 6.45) is 7.53. The van der Waals surface area contributed by atoms with E-state index in [1.807, 2.05) is 17.8 Å². The van der Waals surface area contributed by atoms with E-state index in [0.29, 0.717) is 12.2 Å². The van der Waals surface area contributed by atoms with Gasteiger partial charge in [-0.25, -0.2) is 8.42 Å². The molecule has 1 saturated carbocycles. The third-order valence-electron chi connectivity index (χ3n) is 5.21. The molecule has 5 nitrogen and oxygen atoms in total. The van der Waals surface area contributed by atoms with Crippen molar-refractivity contribution in [2.45, 2.75) is 48.7 Å². The Balaban J connectivity index is 1.56. The number of nitrogens with one attached hydrogen (secondary N) is 1. The highest BCUT2D eigenvalue weighted by atomic mass is 32.2. The largest absolute Gasteiger partial charge is 0.354 e. The van der Waals surface area contributed by atoms with Crippen molar-refractivity contribution >= 4 is 33.4 Å². The van der Waals surface area contributed by atoms with Gasteiger partial charge in [0, 0.05) is 11.8 Å². The van der Waals surface area contributed by atoms with Gasteiger partial charge in [-0.3, -0.25) is 9.10 Å². The zero-order valence-electron chi connectivity index (χ0n) is 17.2. The van der Waals surface area contributed by atoms with Crippen molar-refractivity contribution in [2.24, 2.45) is 0 Å². The fourth-order valence-electron chi connectivity index (χ4n) is 3.60. The van der Waals surface area contributed by atoms with Gasteiger partial charge in [0.05, 0.1) is 10.6 Å². The Bertz CT molecular complexity index is 883. The Labute approximate surface area is 184 Å². The number of anilines is 1. The number of amides is 1. The molecular weight excluding hydrogens is 416 g/mol. The molecule has 0 aromatic heterocycles. The molecule has 2 aromatic carbocycles. The van der Waals surface area contributed by atoms with Crippen LogP contribution >= 0.6 is 11.8 Å². The molecule has 3 rings (SSSR count). The maximum atomic E-state index is 13.2. The van der Waals surface area contributed by atoms with Crippen LogP contribution in [0, 0.1) is 0 Å². The van der Waals surface area contributed by atoms with Gasteiger partial charge in [0.25, 0.3) is 10.0 Å². The van der Waals surface area contributed by atoms with E-state index in [4.69, 9.17) is 0 Å². The van der Waals surface area contributed by atoms with Crippen LogP contribution in [0.3, 0.4) is 0 Å². The first-order chi connectivity index (χ1) is 14.6. The number of carbonyl (C=O) groups excluding carboxylic acids is 1. The van der Waals surface area contributed by atoms with Crippen LogP contribution in [0.4, 0.5) is 5.69 Å². The lowest BCUT2D eigenvalue weighted by Crippen LogP contribution is -2.41. The Morgan fingerprint density at radius 1 is 0.967 bits per heavy atom. The summed E-state index contributed by atoms with van der Waals surface area (Å²) < 4.78 is 27.5. The number of thioether (sulfide) groups is 1. The summed E-state index contributed by atoms with van der Waals surface area (Å²) in [5.74, 6) is 0.733. The molecule has 1 aliphatic carbocycles. The van der Waals surface area contributed by atoms with Crippen molar-refractivity contribution in [2.75, 3.05) is 23.1 Å². The van der Waals surface area contributed by atoms with Gasteiger partial charge >= 0.3 is 0 Å². The number of rotatable bonds is 10. The maximum absolute atomic E-state index is 13.2. The van der Waals surface area contributed by atoms with E-state index in [-0.39, 0.29) is 17.3 Å². The first-order valence-electron chi connectivity index (χ1n) is 10.6. The predicted octanol–water partition coefficient (Wildman–Crippen LogP) is 4.45. The fourth-order valence-corrected chi connectivity index (χ4v) is 6.35. The van der Waals surface area contributed by atoms with E-state index < -0.39 is 10.0 Å². The third-order valence-corrected chi connectivity index (χ3v) is 8.47. The topological polar surface area (TPSA) is 66.5 Å². The van der Waals surface area contributed by atoms with E-state index in [1.54, 1.807) is 54.6 Å². The predicted molar refractivity (Wildman–Crippen MR) is 124 cm³/mol. The van der Waals surface area contributed by atoms with E-state index in [2.05, 4.69) is 5.32 Å². The molecule has 0 bridgehead atoms. The van der Waals surface area contributed by atoms with Crippen LogP contribution in [-0.4, -0.2) is 38.4 Å². The number of carbonyl (C=O) groups is 1. The fraction of sp³-hybridized carbons (Fsp3) is 0.435. The molecule has 30 heavy (non-hydrogen) atoms. The van der Waals surface area contributed by atoms with Crippen molar-refractivity contribution in [3.8, 4) is 0 Å². The number of para-hydroxylation sites is 1. The lowest BCUT2D eigenvalue weighted by molar-refractivity contribution is -0.119. The van der Waals surface area contributed by atoms with Crippen LogP contribution in [0.5, 0.6) is 0 Å². The quantitative estimate of drug-likeness (QED) is 0.548. The lowest BCUT2D eigenvalue weighted by atomic mass is 10.0. The van der Waals surface area contributed by atoms with Crippen molar-refractivity contribution in [3.63, 3.8) is 0 Å². The summed E-state index contributed by atoms with van der Waals surface area (Å²) in [6, 6.07) is 17.0. The first kappa shape index (κ1) is 22.7. The lowest BCUT2D eigenvalue weighted by Gasteiger charge is -2.24. The zero-order valence-corrected chi connectivity index (χ0v) is 18.8. The highest BCUT2D eigenvalue weighted by Crippen LogP contribution is 2.28. The molecule has 1 amide bonds. The van der Waals surface area contributed by atoms with Crippen LogP contribution in [-0.2, 0) is 14.8 Å². The van der Waals surface area contributed by atoms with Gasteiger partial charge in [-0.1, -0.05) is 55.7 Å². The SMILES string of the molecule is O=C(CN(c1ccccc1)S(=O)(=O)c1ccccc1)NCCCSC1CCCCC1. The molecule has 2 aromatic rings. The zero-order chi connectivity index (χ0) is 21.2. The minimum Gasteiger partial charge on any atom is -0.354 e. The number of nitrogens with zero attached hydrogens (tertiary/aromatic N) is 1. The second-order valence-corrected chi connectivity index (χ2v) is 10.8. The summed E-state index contributed by atoms with van der Waals surface area (Å²) in [6.45, 7) is 0.323. The van der Waals surface area contributed by atoms with Gasteiger partial charge < -0.3 is 5.32 Å². The van der Waals surface area contributed by atoms with Crippen LogP contribution < -0.4 is 9.62 Å². The third kappa shape index (κ3) is 6.51. The minimum absolute atomic E-state index is 0.172. The van der Waals surface area contributed by atoms with E-state index in [0.717, 1.165) is 17.4 Å². The normalized spacial score (nSPS) is 14.9. The molecule has 162 valence electrons. The van der Waals surface area contributed by atoms with Crippen LogP contribution in [0.2, 0.25) is 0 Å². The van der Waals surface area contributed by atoms with Crippen molar-refractivity contribution in [1.29, 1.82) is 0 Å². The molecule has 1 fully saturated rings. The molecule has 0 aliphatic heterocycles. The maximum Gasteiger partial charge on any atom is 0.264 e. The van der Waals surface area contributed by atoms with Crippen LogP contribution in [0.25, 0.3) is 0 Å². The summed E-state index contributed by atoms with van der Waals surface area (Å²) in [5, 5.41) is 3.65. The second-order valence-electron chi connectivity index (χ2n) is 7.49. The molecule has 0 saturated heterocycles. The molecule has 7 heteroatoms. The molecule has 0 unspecified atom stereocenters. The van der Waals surface area contributed by atoms with E-state index in [1.165, 1.54) is 36.4 Å². The Kier molecular flexibility index (Phi) is 8.63. The summed E-state index contributed by atoms with van der Waals surface area (Å²) in [5.41, 5.74) is 0.476. The summed E-state index contributed by atoms with van der Waals surface area (Å²) in [4.78, 5) is 12.7. The summed E-state index contributed by atoms with van der Waals surface area (Å²) >= 11 is 2.00. The molecule has 0 heterocycles. The Hall–Kier alpha value is -1.99. The highest BCUT2D eigenvalue weighted by molar-refractivity contribution is 7.99. The molecule has 0 spiro atoms. The molecule has 0 radical (unpaired) electrons. The monoisotopic (exact) mass is 446 g/mol. The van der Waals surface area contributed by atoms with Crippen molar-refractivity contribution in [3.05, 3.63) is 60.7 Å². The van der Waals surface area contributed by atoms with E-state index >= 15 is 0 Å². The van der Waals surface area contributed by atoms with Gasteiger partial charge in [-0.15, -0.1) is 0 Å². The minimum atomic E-state index is -3.83. The Morgan fingerprint density at radius 3 is 2.27 bits per heavy atom. The molecule has 0 atom stereocenters. The molecular formula is C23H30N2O3S2. The van der Waals surface area contributed by atoms with Gasteiger partial charge in [0.15, 0.2) is 0 Å². The number of sulfonamides is 1. The van der Waals surface area contributed by atoms with Gasteiger partial charge in [-0.05, 0) is 49.3 Å². The van der Waals surface area contributed by atoms with Crippen molar-refractivity contribution in [1.82, 2.24) is 5.32 Å². The second kappa shape index (κ2) is 11.4. The summed E-state index contributed by atoms with van der Waals surface area (Å²) in [7, 11) is -3.83. The van der Waals surface area contributed by atoms with Gasteiger partial charge in [0.1, 0.15) is 6.54 Å². The number of benzene rings is 2. The first-order valence-corrected chi connectivity index (χ1v) is 13.1. The smallest absolute Gasteiger partial charge is 0.264 e. The Morgan fingerprint density at radius 2 is 1.60 bits per heavy atom. The van der Waals surface area contributed by atoms with Gasteiger partial charge in [-0.2, -0.15) is 11.8 Å². The number of hydrogen-bond acceptors (Lipinski definition) is 4. The highest BCUT2D eigenvalue weighted by Gasteiger charge is 2.26. The van der Waals surface area contributed by atoms with Gasteiger partial charge in [0.2, 0.25) is 5.91 Å². The molecule has 1 N–H and O–H groups in total. The average Bonchev–Trinajstić information content (AvgIpc) is 2.79. The average molecular weight is 447 g/mol. The van der Waals surface area contributed by atoms with E-state index in [9.17, 15) is 13.2 Å². The standard InChI is InChI=1S/C23H30N2O3S2/c26-23(24-17-10-18-29-21-13-6-2-7-14-21)19-25(20-11-4-1-5-12-20)30(27,28)22-15-8-3-9-16-22/h1,3-5,8-9,11-12,15-16,21H,2,6-7,10,13-14,17-19H2,(H,24,26). The van der Waals surface area contributed by atoms with Crippen molar-refractivity contribution < 1.29 is 13.2 Å². The molecule has 1 aliphatic rings. The number of hydrogen-bond donors (Lipinski definition) is 1. The van der Waals surface area contributed by atoms with Crippen LogP contribution in [0.1, 0.15) is 38.5 Å². The van der Waals surface area contributed by atoms with Crippen LogP contribution in [0.15, 0.2) is 65.6 Å².